The predicted octanol–water partition coefficient (Wildman–Crippen LogP) is 1.75. The van der Waals surface area contributed by atoms with Crippen molar-refractivity contribution < 1.29 is 23.8 Å². The molecule has 0 radical (unpaired) electrons. The van der Waals surface area contributed by atoms with Crippen molar-refractivity contribution in [3.63, 3.8) is 0 Å². The van der Waals surface area contributed by atoms with Gasteiger partial charge >= 0.3 is 5.97 Å². The fraction of sp³-hybridized carbons (Fsp3) is 0.263. The van der Waals surface area contributed by atoms with Gasteiger partial charge < -0.3 is 20.5 Å². The van der Waals surface area contributed by atoms with E-state index in [0.717, 1.165) is 0 Å². The summed E-state index contributed by atoms with van der Waals surface area (Å²) in [5, 5.41) is 14.3. The lowest BCUT2D eigenvalue weighted by Gasteiger charge is -2.11. The molecule has 1 amide bonds. The molecule has 0 atom stereocenters. The number of carbonyl (C=O) groups excluding carboxylic acids is 2. The number of aliphatic hydroxyl groups excluding tert-OH is 1. The molecule has 0 saturated carbocycles. The largest absolute Gasteiger partial charge is 0.452 e. The molecule has 2 rings (SSSR count). The summed E-state index contributed by atoms with van der Waals surface area (Å²) in [4.78, 5) is 23.9. The second-order valence-electron chi connectivity index (χ2n) is 5.46. The maximum Gasteiger partial charge on any atom is 0.340 e. The molecule has 26 heavy (non-hydrogen) atoms. The average molecular weight is 360 g/mol. The van der Waals surface area contributed by atoms with Crippen molar-refractivity contribution in [3.05, 3.63) is 65.5 Å². The summed E-state index contributed by atoms with van der Waals surface area (Å²) in [7, 11) is 0. The number of para-hydroxylation sites is 1. The van der Waals surface area contributed by atoms with E-state index in [9.17, 15) is 14.0 Å². The van der Waals surface area contributed by atoms with Crippen molar-refractivity contribution in [1.29, 1.82) is 0 Å². The quantitative estimate of drug-likeness (QED) is 0.593. The van der Waals surface area contributed by atoms with Gasteiger partial charge in [0.15, 0.2) is 6.61 Å². The van der Waals surface area contributed by atoms with E-state index in [1.807, 2.05) is 0 Å². The molecule has 6 nitrogen and oxygen atoms in total. The molecule has 0 heterocycles. The lowest BCUT2D eigenvalue weighted by molar-refractivity contribution is -0.124. The molecular weight excluding hydrogens is 339 g/mol. The third-order valence-electron chi connectivity index (χ3n) is 3.58. The number of anilines is 1. The van der Waals surface area contributed by atoms with Gasteiger partial charge in [-0.05, 0) is 30.2 Å². The van der Waals surface area contributed by atoms with E-state index >= 15 is 0 Å². The minimum absolute atomic E-state index is 0.0756. The average Bonchev–Trinajstić information content (AvgIpc) is 2.66. The van der Waals surface area contributed by atoms with Crippen LogP contribution in [0.25, 0.3) is 0 Å². The summed E-state index contributed by atoms with van der Waals surface area (Å²) >= 11 is 0. The highest BCUT2D eigenvalue weighted by Gasteiger charge is 2.14. The lowest BCUT2D eigenvalue weighted by Crippen LogP contribution is -2.30. The maximum atomic E-state index is 13.5. The Morgan fingerprint density at radius 2 is 1.77 bits per heavy atom. The molecule has 0 saturated heterocycles. The van der Waals surface area contributed by atoms with Gasteiger partial charge in [0.05, 0.1) is 12.2 Å². The molecule has 0 bridgehead atoms. The zero-order valence-corrected chi connectivity index (χ0v) is 14.2. The van der Waals surface area contributed by atoms with Gasteiger partial charge in [-0.25, -0.2) is 9.18 Å². The van der Waals surface area contributed by atoms with Crippen molar-refractivity contribution in [2.45, 2.75) is 6.42 Å². The van der Waals surface area contributed by atoms with Crippen LogP contribution < -0.4 is 10.6 Å². The number of esters is 1. The first-order valence-electron chi connectivity index (χ1n) is 8.23. The number of benzene rings is 2. The van der Waals surface area contributed by atoms with Crippen LogP contribution in [-0.4, -0.2) is 43.3 Å². The molecule has 0 aliphatic rings. The molecule has 0 aromatic heterocycles. The van der Waals surface area contributed by atoms with Gasteiger partial charge in [-0.15, -0.1) is 0 Å². The monoisotopic (exact) mass is 360 g/mol. The molecule has 0 aliphatic heterocycles. The summed E-state index contributed by atoms with van der Waals surface area (Å²) in [6.07, 6.45) is 0.347. The molecule has 0 unspecified atom stereocenters. The van der Waals surface area contributed by atoms with Gasteiger partial charge in [-0.2, -0.15) is 0 Å². The van der Waals surface area contributed by atoms with E-state index in [4.69, 9.17) is 9.84 Å². The maximum absolute atomic E-state index is 13.5. The number of aliphatic hydroxyl groups is 1. The first-order valence-corrected chi connectivity index (χ1v) is 8.23. The number of hydrogen-bond donors (Lipinski definition) is 3. The molecule has 0 aliphatic carbocycles. The van der Waals surface area contributed by atoms with Gasteiger partial charge in [0.2, 0.25) is 0 Å². The van der Waals surface area contributed by atoms with Crippen molar-refractivity contribution in [1.82, 2.24) is 5.32 Å². The molecule has 2 aromatic rings. The van der Waals surface area contributed by atoms with E-state index in [1.165, 1.54) is 6.07 Å². The Morgan fingerprint density at radius 1 is 1.04 bits per heavy atom. The number of carbonyl (C=O) groups is 2. The van der Waals surface area contributed by atoms with Crippen LogP contribution in [0.5, 0.6) is 0 Å². The van der Waals surface area contributed by atoms with Gasteiger partial charge in [0.1, 0.15) is 5.82 Å². The van der Waals surface area contributed by atoms with Crippen LogP contribution in [0.3, 0.4) is 0 Å². The van der Waals surface area contributed by atoms with E-state index in [1.54, 1.807) is 42.5 Å². The Kier molecular flexibility index (Phi) is 7.57. The third-order valence-corrected chi connectivity index (χ3v) is 3.58. The van der Waals surface area contributed by atoms with E-state index in [2.05, 4.69) is 10.6 Å². The molecule has 0 fully saturated rings. The van der Waals surface area contributed by atoms with E-state index < -0.39 is 18.5 Å². The summed E-state index contributed by atoms with van der Waals surface area (Å²) < 4.78 is 18.5. The zero-order chi connectivity index (χ0) is 18.8. The van der Waals surface area contributed by atoms with Gasteiger partial charge in [-0.3, -0.25) is 4.79 Å². The minimum Gasteiger partial charge on any atom is -0.452 e. The number of halogens is 1. The second kappa shape index (κ2) is 10.1. The summed E-state index contributed by atoms with van der Waals surface area (Å²) in [6.45, 7) is 0.0328. The van der Waals surface area contributed by atoms with Crippen LogP contribution >= 0.6 is 0 Å². The normalized spacial score (nSPS) is 10.2. The van der Waals surface area contributed by atoms with Crippen molar-refractivity contribution >= 4 is 17.6 Å². The van der Waals surface area contributed by atoms with E-state index in [0.29, 0.717) is 24.2 Å². The number of rotatable bonds is 9. The highest BCUT2D eigenvalue weighted by Crippen LogP contribution is 2.15. The Morgan fingerprint density at radius 3 is 2.54 bits per heavy atom. The molecule has 7 heteroatoms. The highest BCUT2D eigenvalue weighted by molar-refractivity contribution is 5.96. The molecular formula is C19H21FN2O4. The lowest BCUT2D eigenvalue weighted by atomic mass is 10.1. The third kappa shape index (κ3) is 5.86. The molecule has 138 valence electrons. The van der Waals surface area contributed by atoms with Crippen LogP contribution in [0.1, 0.15) is 15.9 Å². The number of ether oxygens (including phenoxy) is 1. The van der Waals surface area contributed by atoms with Crippen molar-refractivity contribution in [2.24, 2.45) is 0 Å². The molecule has 3 N–H and O–H groups in total. The smallest absolute Gasteiger partial charge is 0.340 e. The second-order valence-corrected chi connectivity index (χ2v) is 5.46. The van der Waals surface area contributed by atoms with Crippen LogP contribution in [0.2, 0.25) is 0 Å². The number of amides is 1. The fourth-order valence-electron chi connectivity index (χ4n) is 2.30. The summed E-state index contributed by atoms with van der Waals surface area (Å²) in [6, 6.07) is 13.0. The van der Waals surface area contributed by atoms with Crippen molar-refractivity contribution in [3.8, 4) is 0 Å². The Bertz CT molecular complexity index is 752. The van der Waals surface area contributed by atoms with Gasteiger partial charge in [-0.1, -0.05) is 30.3 Å². The van der Waals surface area contributed by atoms with Crippen LogP contribution in [0.15, 0.2) is 48.5 Å². The van der Waals surface area contributed by atoms with Crippen LogP contribution in [0, 0.1) is 5.82 Å². The topological polar surface area (TPSA) is 87.7 Å². The Balaban J connectivity index is 1.78. The Labute approximate surface area is 151 Å². The van der Waals surface area contributed by atoms with Gasteiger partial charge in [0.25, 0.3) is 5.91 Å². The van der Waals surface area contributed by atoms with Gasteiger partial charge in [0, 0.05) is 18.8 Å². The predicted molar refractivity (Wildman–Crippen MR) is 95.4 cm³/mol. The minimum atomic E-state index is -0.643. The first kappa shape index (κ1) is 19.4. The Hall–Kier alpha value is -2.93. The highest BCUT2D eigenvalue weighted by atomic mass is 19.1. The zero-order valence-electron chi connectivity index (χ0n) is 14.2. The summed E-state index contributed by atoms with van der Waals surface area (Å²) in [5.41, 5.74) is 1.31. The summed E-state index contributed by atoms with van der Waals surface area (Å²) in [5.74, 6) is -1.43. The van der Waals surface area contributed by atoms with Crippen LogP contribution in [0.4, 0.5) is 10.1 Å². The first-order chi connectivity index (χ1) is 12.6. The number of nitrogens with one attached hydrogen (secondary N) is 2. The molecule has 2 aromatic carbocycles. The molecule has 0 spiro atoms. The van der Waals surface area contributed by atoms with E-state index in [-0.39, 0.29) is 24.5 Å². The van der Waals surface area contributed by atoms with Crippen molar-refractivity contribution in [2.75, 3.05) is 31.6 Å². The standard InChI is InChI=1S/C19H21FN2O4/c20-16-7-3-1-5-14(16)9-10-22-18(24)13-26-19(25)15-6-2-4-8-17(15)21-11-12-23/h1-8,21,23H,9-13H2,(H,22,24). The number of hydrogen-bond acceptors (Lipinski definition) is 5. The SMILES string of the molecule is O=C(COC(=O)c1ccccc1NCCO)NCCc1ccccc1F. The van der Waals surface area contributed by atoms with Crippen LogP contribution in [-0.2, 0) is 16.0 Å². The fourth-order valence-corrected chi connectivity index (χ4v) is 2.30.